The molecule has 1 unspecified atom stereocenters. The molecule has 0 spiro atoms. The van der Waals surface area contributed by atoms with Gasteiger partial charge in [-0.1, -0.05) is 45.2 Å². The first-order chi connectivity index (χ1) is 8.31. The number of rotatable bonds is 7. The molecule has 0 aliphatic carbocycles. The Balaban J connectivity index is 2.51. The van der Waals surface area contributed by atoms with Gasteiger partial charge in [-0.25, -0.2) is 0 Å². The fourth-order valence-corrected chi connectivity index (χ4v) is 1.79. The lowest BCUT2D eigenvalue weighted by Crippen LogP contribution is -2.11. The third kappa shape index (κ3) is 4.48. The second kappa shape index (κ2) is 7.73. The zero-order valence-corrected chi connectivity index (χ0v) is 10.8. The Labute approximate surface area is 104 Å². The molecule has 0 amide bonds. The van der Waals surface area contributed by atoms with Gasteiger partial charge in [0, 0.05) is 0 Å². The predicted octanol–water partition coefficient (Wildman–Crippen LogP) is 4.15. The first-order valence-electron chi connectivity index (χ1n) is 6.43. The summed E-state index contributed by atoms with van der Waals surface area (Å²) in [6, 6.07) is 9.58. The molecule has 17 heavy (non-hydrogen) atoms. The van der Waals surface area contributed by atoms with Crippen molar-refractivity contribution >= 4 is 0 Å². The Morgan fingerprint density at radius 3 is 2.71 bits per heavy atom. The van der Waals surface area contributed by atoms with E-state index < -0.39 is 0 Å². The van der Waals surface area contributed by atoms with Gasteiger partial charge in [-0.05, 0) is 24.5 Å². The van der Waals surface area contributed by atoms with Gasteiger partial charge in [-0.3, -0.25) is 0 Å². The maximum Gasteiger partial charge on any atom is 0.137 e. The molecule has 1 rings (SSSR count). The molecular formula is C15H21NO. The summed E-state index contributed by atoms with van der Waals surface area (Å²) in [4.78, 5) is 0. The lowest BCUT2D eigenvalue weighted by Gasteiger charge is -2.16. The van der Waals surface area contributed by atoms with E-state index in [9.17, 15) is 0 Å². The third-order valence-electron chi connectivity index (χ3n) is 3.03. The maximum atomic E-state index is 8.95. The number of hydrogen-bond donors (Lipinski definition) is 0. The number of ether oxygens (including phenoxy) is 1. The van der Waals surface area contributed by atoms with Crippen molar-refractivity contribution in [3.63, 3.8) is 0 Å². The molecule has 0 N–H and O–H groups in total. The van der Waals surface area contributed by atoms with Crippen LogP contribution in [0.5, 0.6) is 5.75 Å². The van der Waals surface area contributed by atoms with E-state index in [-0.39, 0.29) is 0 Å². The second-order valence-electron chi connectivity index (χ2n) is 4.34. The van der Waals surface area contributed by atoms with Gasteiger partial charge in [0.15, 0.2) is 0 Å². The van der Waals surface area contributed by atoms with Crippen LogP contribution in [0.25, 0.3) is 0 Å². The van der Waals surface area contributed by atoms with Crippen LogP contribution in [0.3, 0.4) is 0 Å². The Morgan fingerprint density at radius 1 is 1.29 bits per heavy atom. The van der Waals surface area contributed by atoms with Gasteiger partial charge in [0.1, 0.15) is 11.8 Å². The highest BCUT2D eigenvalue weighted by Crippen LogP contribution is 2.19. The zero-order chi connectivity index (χ0) is 12.5. The molecule has 0 aliphatic heterocycles. The van der Waals surface area contributed by atoms with E-state index in [2.05, 4.69) is 19.9 Å². The Hall–Kier alpha value is -1.49. The van der Waals surface area contributed by atoms with Gasteiger partial charge in [-0.15, -0.1) is 0 Å². The summed E-state index contributed by atoms with van der Waals surface area (Å²) in [5, 5.41) is 8.95. The van der Waals surface area contributed by atoms with Crippen molar-refractivity contribution in [2.24, 2.45) is 5.92 Å². The quantitative estimate of drug-likeness (QED) is 0.706. The van der Waals surface area contributed by atoms with Crippen LogP contribution < -0.4 is 4.74 Å². The smallest absolute Gasteiger partial charge is 0.137 e. The summed E-state index contributed by atoms with van der Waals surface area (Å²) in [6.45, 7) is 5.12. The molecule has 0 radical (unpaired) electrons. The van der Waals surface area contributed by atoms with Crippen LogP contribution in [0.1, 0.15) is 45.1 Å². The van der Waals surface area contributed by atoms with Crippen molar-refractivity contribution in [1.29, 1.82) is 5.26 Å². The van der Waals surface area contributed by atoms with Crippen molar-refractivity contribution in [3.8, 4) is 11.8 Å². The minimum atomic E-state index is 0.599. The lowest BCUT2D eigenvalue weighted by atomic mass is 10.0. The van der Waals surface area contributed by atoms with Crippen molar-refractivity contribution in [1.82, 2.24) is 0 Å². The van der Waals surface area contributed by atoms with Crippen LogP contribution >= 0.6 is 0 Å². The van der Waals surface area contributed by atoms with Crippen LogP contribution in [0.2, 0.25) is 0 Å². The van der Waals surface area contributed by atoms with Crippen molar-refractivity contribution in [2.75, 3.05) is 6.61 Å². The minimum absolute atomic E-state index is 0.599. The summed E-state index contributed by atoms with van der Waals surface area (Å²) in [6.07, 6.45) is 4.82. The highest BCUT2D eigenvalue weighted by molar-refractivity contribution is 5.42. The first-order valence-corrected chi connectivity index (χ1v) is 6.43. The van der Waals surface area contributed by atoms with Crippen molar-refractivity contribution in [2.45, 2.75) is 39.5 Å². The number of para-hydroxylation sites is 1. The van der Waals surface area contributed by atoms with Crippen molar-refractivity contribution < 1.29 is 4.74 Å². The average molecular weight is 231 g/mol. The Morgan fingerprint density at radius 2 is 2.06 bits per heavy atom. The molecule has 1 aromatic rings. The van der Waals surface area contributed by atoms with Crippen LogP contribution in [0.4, 0.5) is 0 Å². The van der Waals surface area contributed by atoms with Gasteiger partial charge in [0.05, 0.1) is 12.2 Å². The molecule has 0 bridgehead atoms. The predicted molar refractivity (Wildman–Crippen MR) is 70.0 cm³/mol. The summed E-state index contributed by atoms with van der Waals surface area (Å²) in [5.74, 6) is 1.31. The number of unbranched alkanes of at least 4 members (excludes halogenated alkanes) is 1. The minimum Gasteiger partial charge on any atom is -0.492 e. The van der Waals surface area contributed by atoms with E-state index in [1.807, 2.05) is 18.2 Å². The average Bonchev–Trinajstić information content (AvgIpc) is 2.39. The number of benzene rings is 1. The molecule has 0 aromatic heterocycles. The Kier molecular flexibility index (Phi) is 6.17. The molecule has 0 saturated carbocycles. The highest BCUT2D eigenvalue weighted by Gasteiger charge is 2.08. The van der Waals surface area contributed by atoms with Crippen LogP contribution in [-0.4, -0.2) is 6.61 Å². The monoisotopic (exact) mass is 231 g/mol. The number of nitriles is 1. The normalized spacial score (nSPS) is 11.8. The molecule has 2 nitrogen and oxygen atoms in total. The fraction of sp³-hybridized carbons (Fsp3) is 0.533. The van der Waals surface area contributed by atoms with E-state index in [1.165, 1.54) is 19.3 Å². The second-order valence-corrected chi connectivity index (χ2v) is 4.34. The maximum absolute atomic E-state index is 8.95. The summed E-state index contributed by atoms with van der Waals surface area (Å²) >= 11 is 0. The summed E-state index contributed by atoms with van der Waals surface area (Å²) in [7, 11) is 0. The SMILES string of the molecule is CCCCC(CC)COc1ccccc1C#N. The molecule has 92 valence electrons. The van der Waals surface area contributed by atoms with E-state index in [0.717, 1.165) is 13.0 Å². The van der Waals surface area contributed by atoms with E-state index in [0.29, 0.717) is 17.2 Å². The van der Waals surface area contributed by atoms with Crippen LogP contribution in [0, 0.1) is 17.2 Å². The highest BCUT2D eigenvalue weighted by atomic mass is 16.5. The standard InChI is InChI=1S/C15H21NO/c1-3-5-8-13(4-2)12-17-15-10-7-6-9-14(15)11-16/h6-7,9-10,13H,3-5,8,12H2,1-2H3. The summed E-state index contributed by atoms with van der Waals surface area (Å²) < 4.78 is 5.76. The van der Waals surface area contributed by atoms with Gasteiger partial charge in [-0.2, -0.15) is 5.26 Å². The molecular weight excluding hydrogens is 210 g/mol. The largest absolute Gasteiger partial charge is 0.492 e. The zero-order valence-electron chi connectivity index (χ0n) is 10.8. The van der Waals surface area contributed by atoms with Crippen LogP contribution in [0.15, 0.2) is 24.3 Å². The van der Waals surface area contributed by atoms with Crippen molar-refractivity contribution in [3.05, 3.63) is 29.8 Å². The van der Waals surface area contributed by atoms with E-state index in [4.69, 9.17) is 10.00 Å². The summed E-state index contributed by atoms with van der Waals surface area (Å²) in [5.41, 5.74) is 0.623. The van der Waals surface area contributed by atoms with E-state index in [1.54, 1.807) is 6.07 Å². The van der Waals surface area contributed by atoms with Gasteiger partial charge in [0.2, 0.25) is 0 Å². The lowest BCUT2D eigenvalue weighted by molar-refractivity contribution is 0.233. The van der Waals surface area contributed by atoms with Gasteiger partial charge in [0.25, 0.3) is 0 Å². The number of hydrogen-bond acceptors (Lipinski definition) is 2. The first kappa shape index (κ1) is 13.6. The number of nitrogens with zero attached hydrogens (tertiary/aromatic N) is 1. The fourth-order valence-electron chi connectivity index (χ4n) is 1.79. The molecule has 0 saturated heterocycles. The van der Waals surface area contributed by atoms with E-state index >= 15 is 0 Å². The Bertz CT molecular complexity index is 367. The molecule has 1 aromatic carbocycles. The third-order valence-corrected chi connectivity index (χ3v) is 3.03. The molecule has 0 heterocycles. The topological polar surface area (TPSA) is 33.0 Å². The van der Waals surface area contributed by atoms with Gasteiger partial charge >= 0.3 is 0 Å². The molecule has 0 fully saturated rings. The van der Waals surface area contributed by atoms with Gasteiger partial charge < -0.3 is 4.74 Å². The molecule has 1 atom stereocenters. The molecule has 2 heteroatoms. The van der Waals surface area contributed by atoms with Crippen LogP contribution in [-0.2, 0) is 0 Å². The molecule has 0 aliphatic rings.